The zero-order chi connectivity index (χ0) is 28.7. The maximum Gasteiger partial charge on any atom is 0.407 e. The Hall–Kier alpha value is -4.39. The minimum absolute atomic E-state index is 0.00678. The molecule has 3 N–H and O–H groups in total. The Morgan fingerprint density at radius 1 is 1.15 bits per heavy atom. The van der Waals surface area contributed by atoms with Gasteiger partial charge < -0.3 is 24.7 Å². The van der Waals surface area contributed by atoms with Crippen LogP contribution in [0.15, 0.2) is 58.4 Å². The number of fused-ring (bicyclic) bond motifs is 3. The van der Waals surface area contributed by atoms with E-state index in [0.717, 1.165) is 16.4 Å². The summed E-state index contributed by atoms with van der Waals surface area (Å²) in [5, 5.41) is 12.7. The molecule has 0 saturated heterocycles. The van der Waals surface area contributed by atoms with E-state index in [9.17, 15) is 32.3 Å². The number of hydrogen-bond donors (Lipinski definition) is 3. The van der Waals surface area contributed by atoms with Crippen LogP contribution in [0.3, 0.4) is 0 Å². The number of H-pyrrole nitrogens is 1. The first-order chi connectivity index (χ1) is 18.2. The lowest BCUT2D eigenvalue weighted by atomic mass is 10.1. The van der Waals surface area contributed by atoms with Gasteiger partial charge in [-0.1, -0.05) is 0 Å². The second-order valence-electron chi connectivity index (χ2n) is 9.80. The molecule has 4 aromatic rings. The number of sulfonamides is 1. The average molecular weight is 559 g/mol. The highest BCUT2D eigenvalue weighted by molar-refractivity contribution is 7.92. The molecule has 2 heterocycles. The van der Waals surface area contributed by atoms with Gasteiger partial charge in [0.25, 0.3) is 15.6 Å². The Morgan fingerprint density at radius 3 is 2.44 bits per heavy atom. The number of carboxylic acids is 1. The van der Waals surface area contributed by atoms with Gasteiger partial charge in [-0.05, 0) is 63.2 Å². The highest BCUT2D eigenvalue weighted by atomic mass is 32.2. The Morgan fingerprint density at radius 2 is 1.82 bits per heavy atom. The third-order valence-electron chi connectivity index (χ3n) is 5.90. The second-order valence-corrected chi connectivity index (χ2v) is 11.8. The van der Waals surface area contributed by atoms with E-state index in [0.29, 0.717) is 0 Å². The van der Waals surface area contributed by atoms with Crippen LogP contribution in [0.2, 0.25) is 0 Å². The van der Waals surface area contributed by atoms with Crippen LogP contribution >= 0.6 is 0 Å². The number of halogens is 1. The first kappa shape index (κ1) is 27.6. The van der Waals surface area contributed by atoms with Crippen LogP contribution in [0.1, 0.15) is 31.1 Å². The molecule has 0 atom stereocenters. The number of anilines is 1. The lowest BCUT2D eigenvalue weighted by molar-refractivity contribution is 0.0525. The molecule has 0 bridgehead atoms. The zero-order valence-corrected chi connectivity index (χ0v) is 22.4. The number of amides is 1. The SMILES string of the molecule is CN(c1ccc(F)cc1)S(=O)(=O)c1ccc2[nH]c(=O)c3c(c(C(=O)O)cn3CCNC(=O)OC(C)(C)C)c2c1. The van der Waals surface area contributed by atoms with Crippen molar-refractivity contribution in [1.82, 2.24) is 14.9 Å². The van der Waals surface area contributed by atoms with Crippen molar-refractivity contribution in [2.75, 3.05) is 17.9 Å². The van der Waals surface area contributed by atoms with Gasteiger partial charge in [0.05, 0.1) is 16.1 Å². The molecule has 0 unspecified atom stereocenters. The van der Waals surface area contributed by atoms with E-state index in [1.807, 2.05) is 0 Å². The molecule has 4 rings (SSSR count). The fourth-order valence-corrected chi connectivity index (χ4v) is 5.36. The monoisotopic (exact) mass is 558 g/mol. The van der Waals surface area contributed by atoms with E-state index in [1.54, 1.807) is 20.8 Å². The number of aromatic amines is 1. The molecule has 11 nitrogen and oxygen atoms in total. The molecule has 2 aromatic carbocycles. The molecule has 39 heavy (non-hydrogen) atoms. The van der Waals surface area contributed by atoms with Gasteiger partial charge >= 0.3 is 12.1 Å². The lowest BCUT2D eigenvalue weighted by Gasteiger charge is -2.20. The fraction of sp³-hybridized carbons (Fsp3) is 0.269. The topological polar surface area (TPSA) is 151 Å². The highest BCUT2D eigenvalue weighted by Crippen LogP contribution is 2.30. The summed E-state index contributed by atoms with van der Waals surface area (Å²) in [6.45, 7) is 5.21. The number of nitrogens with zero attached hydrogens (tertiary/aromatic N) is 2. The molecule has 0 aliphatic carbocycles. The summed E-state index contributed by atoms with van der Waals surface area (Å²) in [4.78, 5) is 39.6. The van der Waals surface area contributed by atoms with Gasteiger partial charge in [-0.3, -0.25) is 9.10 Å². The number of pyridine rings is 1. The number of ether oxygens (including phenoxy) is 1. The van der Waals surface area contributed by atoms with Crippen molar-refractivity contribution in [2.24, 2.45) is 0 Å². The van der Waals surface area contributed by atoms with Crippen LogP contribution < -0.4 is 15.2 Å². The van der Waals surface area contributed by atoms with Gasteiger partial charge in [-0.2, -0.15) is 0 Å². The van der Waals surface area contributed by atoms with Crippen molar-refractivity contribution >= 4 is 49.6 Å². The molecule has 0 fully saturated rings. The van der Waals surface area contributed by atoms with Crippen LogP contribution in [0, 0.1) is 5.82 Å². The molecule has 2 aromatic heterocycles. The standard InChI is InChI=1S/C26H27FN4O7S/c1-26(2,3)38-25(35)28-11-12-31-14-19(24(33)34)21-18-13-17(9-10-20(18)29-23(32)22(21)31)39(36,37)30(4)16-7-5-15(27)6-8-16/h5-10,13-14H,11-12H2,1-4H3,(H,28,35)(H,29,32)(H,33,34). The van der Waals surface area contributed by atoms with Gasteiger partial charge in [0.1, 0.15) is 16.9 Å². The van der Waals surface area contributed by atoms with Crippen molar-refractivity contribution in [2.45, 2.75) is 37.8 Å². The van der Waals surface area contributed by atoms with Gasteiger partial charge in [0.2, 0.25) is 0 Å². The number of carboxylic acid groups (broad SMARTS) is 1. The number of aromatic nitrogens is 2. The zero-order valence-electron chi connectivity index (χ0n) is 21.6. The molecular formula is C26H27FN4O7S. The first-order valence-electron chi connectivity index (χ1n) is 11.8. The Balaban J connectivity index is 1.79. The smallest absolute Gasteiger partial charge is 0.407 e. The van der Waals surface area contributed by atoms with Crippen LogP contribution in [0.4, 0.5) is 14.9 Å². The molecule has 0 aliphatic heterocycles. The maximum absolute atomic E-state index is 13.4. The summed E-state index contributed by atoms with van der Waals surface area (Å²) >= 11 is 0. The van der Waals surface area contributed by atoms with E-state index in [1.165, 1.54) is 48.1 Å². The molecule has 13 heteroatoms. The van der Waals surface area contributed by atoms with E-state index in [-0.39, 0.29) is 51.0 Å². The van der Waals surface area contributed by atoms with Crippen LogP contribution in [-0.4, -0.2) is 54.3 Å². The van der Waals surface area contributed by atoms with E-state index >= 15 is 0 Å². The molecule has 206 valence electrons. The largest absolute Gasteiger partial charge is 0.478 e. The third-order valence-corrected chi connectivity index (χ3v) is 7.68. The number of carbonyl (C=O) groups is 2. The van der Waals surface area contributed by atoms with Gasteiger partial charge in [-0.15, -0.1) is 0 Å². The van der Waals surface area contributed by atoms with E-state index in [4.69, 9.17) is 4.74 Å². The number of alkyl carbamates (subject to hydrolysis) is 1. The normalized spacial score (nSPS) is 12.0. The van der Waals surface area contributed by atoms with Crippen LogP contribution in [0.25, 0.3) is 21.8 Å². The molecule has 0 aliphatic rings. The van der Waals surface area contributed by atoms with Crippen LogP contribution in [-0.2, 0) is 21.3 Å². The first-order valence-corrected chi connectivity index (χ1v) is 13.3. The second kappa shape index (κ2) is 10.1. The van der Waals surface area contributed by atoms with E-state index < -0.39 is 39.1 Å². The number of hydrogen-bond acceptors (Lipinski definition) is 6. The number of rotatable bonds is 7. The summed E-state index contributed by atoms with van der Waals surface area (Å²) in [5.74, 6) is -1.84. The Kier molecular flexibility index (Phi) is 7.13. The van der Waals surface area contributed by atoms with Crippen molar-refractivity contribution in [3.63, 3.8) is 0 Å². The summed E-state index contributed by atoms with van der Waals surface area (Å²) < 4.78 is 47.6. The average Bonchev–Trinajstić information content (AvgIpc) is 3.23. The highest BCUT2D eigenvalue weighted by Gasteiger charge is 2.25. The van der Waals surface area contributed by atoms with E-state index in [2.05, 4.69) is 10.3 Å². The summed E-state index contributed by atoms with van der Waals surface area (Å²) in [5.41, 5.74) is -1.03. The minimum Gasteiger partial charge on any atom is -0.478 e. The summed E-state index contributed by atoms with van der Waals surface area (Å²) in [7, 11) is -2.83. The molecular weight excluding hydrogens is 531 g/mol. The molecule has 0 spiro atoms. The lowest BCUT2D eigenvalue weighted by Crippen LogP contribution is -2.34. The predicted molar refractivity (Wildman–Crippen MR) is 143 cm³/mol. The van der Waals surface area contributed by atoms with Crippen molar-refractivity contribution in [3.8, 4) is 0 Å². The number of carbonyl (C=O) groups excluding carboxylic acids is 1. The van der Waals surface area contributed by atoms with Gasteiger partial charge in [0.15, 0.2) is 0 Å². The Bertz CT molecular complexity index is 1750. The molecule has 0 radical (unpaired) electrons. The Labute approximate surface area is 222 Å². The van der Waals surface area contributed by atoms with Gasteiger partial charge in [-0.25, -0.2) is 22.4 Å². The minimum atomic E-state index is -4.14. The summed E-state index contributed by atoms with van der Waals surface area (Å²) in [6.07, 6.45) is 0.599. The van der Waals surface area contributed by atoms with Crippen molar-refractivity contribution in [1.29, 1.82) is 0 Å². The predicted octanol–water partition coefficient (Wildman–Crippen LogP) is 3.67. The van der Waals surface area contributed by atoms with Crippen LogP contribution in [0.5, 0.6) is 0 Å². The molecule has 0 saturated carbocycles. The third kappa shape index (κ3) is 5.58. The quantitative estimate of drug-likeness (QED) is 0.313. The van der Waals surface area contributed by atoms with Gasteiger partial charge in [0, 0.05) is 42.6 Å². The summed E-state index contributed by atoms with van der Waals surface area (Å²) in [6, 6.07) is 8.87. The molecule has 1 amide bonds. The maximum atomic E-state index is 13.4. The fourth-order valence-electron chi connectivity index (χ4n) is 4.13. The van der Waals surface area contributed by atoms with Crippen molar-refractivity contribution in [3.05, 3.63) is 70.4 Å². The number of benzene rings is 2. The van der Waals surface area contributed by atoms with Crippen molar-refractivity contribution < 1.29 is 32.2 Å². The number of nitrogens with one attached hydrogen (secondary N) is 2. The number of aromatic carboxylic acids is 1.